The molecule has 0 aliphatic carbocycles. The number of pyridine rings is 1. The normalized spacial score (nSPS) is 11.6. The number of esters is 1. The Morgan fingerprint density at radius 1 is 1.12 bits per heavy atom. The minimum absolute atomic E-state index is 0.0783. The summed E-state index contributed by atoms with van der Waals surface area (Å²) < 4.78 is 4.89. The number of aliphatic hydroxyl groups is 1. The lowest BCUT2D eigenvalue weighted by atomic mass is 9.96. The van der Waals surface area contributed by atoms with Gasteiger partial charge in [-0.2, -0.15) is 5.26 Å². The molecular formula is C21H16N2O3. The minimum atomic E-state index is -0.607. The maximum absolute atomic E-state index is 12.4. The molecule has 0 radical (unpaired) electrons. The summed E-state index contributed by atoms with van der Waals surface area (Å²) in [5.74, 6) is -0.843. The fourth-order valence-corrected chi connectivity index (χ4v) is 2.87. The molecule has 0 saturated heterocycles. The highest BCUT2D eigenvalue weighted by Gasteiger charge is 2.24. The summed E-state index contributed by atoms with van der Waals surface area (Å²) in [6, 6.07) is 18.0. The summed E-state index contributed by atoms with van der Waals surface area (Å²) in [6.45, 7) is 1.77. The predicted octanol–water partition coefficient (Wildman–Crippen LogP) is 4.28. The number of carbonyl (C=O) groups excluding carboxylic acids is 1. The first-order valence-corrected chi connectivity index (χ1v) is 7.95. The van der Waals surface area contributed by atoms with Crippen molar-refractivity contribution in [3.05, 3.63) is 77.0 Å². The highest BCUT2D eigenvalue weighted by atomic mass is 16.5. The smallest absolute Gasteiger partial charge is 0.340 e. The number of nitriles is 1. The molecule has 0 bridgehead atoms. The van der Waals surface area contributed by atoms with E-state index in [2.05, 4.69) is 4.98 Å². The zero-order valence-corrected chi connectivity index (χ0v) is 14.4. The zero-order valence-electron chi connectivity index (χ0n) is 14.4. The monoisotopic (exact) mass is 344 g/mol. The summed E-state index contributed by atoms with van der Waals surface area (Å²) >= 11 is 0. The van der Waals surface area contributed by atoms with Gasteiger partial charge in [-0.15, -0.1) is 0 Å². The molecule has 0 saturated carbocycles. The number of nitrogens with zero attached hydrogens (tertiary/aromatic N) is 2. The first-order valence-electron chi connectivity index (χ1n) is 7.95. The molecule has 5 heteroatoms. The molecule has 3 rings (SSSR count). The van der Waals surface area contributed by atoms with Crippen LogP contribution in [0.1, 0.15) is 27.2 Å². The average Bonchev–Trinajstić information content (AvgIpc) is 2.69. The number of methoxy groups -OCH3 is 1. The number of fused-ring (bicyclic) bond motifs is 1. The molecular weight excluding hydrogens is 328 g/mol. The average molecular weight is 344 g/mol. The fraction of sp³-hybridized carbons (Fsp3) is 0.0952. The van der Waals surface area contributed by atoms with E-state index in [0.717, 1.165) is 5.39 Å². The summed E-state index contributed by atoms with van der Waals surface area (Å²) in [6.07, 6.45) is 0. The van der Waals surface area contributed by atoms with Crippen LogP contribution in [-0.2, 0) is 4.74 Å². The van der Waals surface area contributed by atoms with Crippen molar-refractivity contribution in [2.24, 2.45) is 0 Å². The van der Waals surface area contributed by atoms with Gasteiger partial charge in [0.2, 0.25) is 0 Å². The Labute approximate surface area is 150 Å². The van der Waals surface area contributed by atoms with Crippen molar-refractivity contribution < 1.29 is 14.6 Å². The largest absolute Gasteiger partial charge is 0.506 e. The molecule has 1 N–H and O–H groups in total. The van der Waals surface area contributed by atoms with Crippen LogP contribution >= 0.6 is 0 Å². The molecule has 0 aliphatic rings. The van der Waals surface area contributed by atoms with Gasteiger partial charge in [0.1, 0.15) is 23.1 Å². The number of hydrogen-bond donors (Lipinski definition) is 1. The Kier molecular flexibility index (Phi) is 4.68. The quantitative estimate of drug-likeness (QED) is 0.435. The van der Waals surface area contributed by atoms with Gasteiger partial charge in [0.15, 0.2) is 0 Å². The lowest BCUT2D eigenvalue weighted by Gasteiger charge is -2.13. The number of benzene rings is 2. The Hall–Kier alpha value is -3.65. The third kappa shape index (κ3) is 2.89. The highest BCUT2D eigenvalue weighted by Crippen LogP contribution is 2.31. The van der Waals surface area contributed by atoms with Crippen LogP contribution in [0.4, 0.5) is 0 Å². The second kappa shape index (κ2) is 7.08. The SMILES string of the molecule is COC(=O)c1c(/C(C#N)=C(\O)c2ccccc2)nc2ccccc2c1C. The number of allylic oxidation sites excluding steroid dienone is 1. The molecule has 0 amide bonds. The number of hydrogen-bond acceptors (Lipinski definition) is 5. The van der Waals surface area contributed by atoms with E-state index in [1.54, 1.807) is 43.3 Å². The van der Waals surface area contributed by atoms with Gasteiger partial charge >= 0.3 is 5.97 Å². The number of aliphatic hydroxyl groups excluding tert-OH is 1. The van der Waals surface area contributed by atoms with E-state index in [1.165, 1.54) is 7.11 Å². The van der Waals surface area contributed by atoms with E-state index in [9.17, 15) is 15.2 Å². The third-order valence-electron chi connectivity index (χ3n) is 4.17. The molecule has 0 fully saturated rings. The molecule has 2 aromatic carbocycles. The Bertz CT molecular complexity index is 1060. The first kappa shape index (κ1) is 17.2. The second-order valence-corrected chi connectivity index (χ2v) is 5.67. The van der Waals surface area contributed by atoms with Gasteiger partial charge in [0.05, 0.1) is 18.2 Å². The Balaban J connectivity index is 2.39. The number of aromatic nitrogens is 1. The van der Waals surface area contributed by atoms with Gasteiger partial charge in [0, 0.05) is 10.9 Å². The molecule has 5 nitrogen and oxygen atoms in total. The summed E-state index contributed by atoms with van der Waals surface area (Å²) in [4.78, 5) is 16.9. The molecule has 26 heavy (non-hydrogen) atoms. The first-order chi connectivity index (χ1) is 12.6. The van der Waals surface area contributed by atoms with E-state index in [-0.39, 0.29) is 22.6 Å². The van der Waals surface area contributed by atoms with Crippen molar-refractivity contribution >= 4 is 28.2 Å². The van der Waals surface area contributed by atoms with Crippen molar-refractivity contribution in [1.82, 2.24) is 4.98 Å². The van der Waals surface area contributed by atoms with Crippen LogP contribution in [0.3, 0.4) is 0 Å². The Morgan fingerprint density at radius 3 is 2.42 bits per heavy atom. The van der Waals surface area contributed by atoms with Crippen LogP contribution in [0.5, 0.6) is 0 Å². The van der Waals surface area contributed by atoms with E-state index in [0.29, 0.717) is 16.6 Å². The van der Waals surface area contributed by atoms with E-state index in [1.807, 2.05) is 24.3 Å². The lowest BCUT2D eigenvalue weighted by molar-refractivity contribution is 0.0599. The minimum Gasteiger partial charge on any atom is -0.506 e. The number of rotatable bonds is 3. The van der Waals surface area contributed by atoms with Crippen LogP contribution in [0.25, 0.3) is 22.2 Å². The van der Waals surface area contributed by atoms with Gasteiger partial charge in [-0.3, -0.25) is 0 Å². The van der Waals surface area contributed by atoms with Crippen molar-refractivity contribution in [2.75, 3.05) is 7.11 Å². The lowest BCUT2D eigenvalue weighted by Crippen LogP contribution is -2.11. The van der Waals surface area contributed by atoms with Gasteiger partial charge < -0.3 is 9.84 Å². The number of ether oxygens (including phenoxy) is 1. The topological polar surface area (TPSA) is 83.2 Å². The van der Waals surface area contributed by atoms with Crippen LogP contribution in [0.15, 0.2) is 54.6 Å². The standard InChI is InChI=1S/C21H16N2O3/c1-13-15-10-6-7-11-17(15)23-19(18(13)21(25)26-2)16(12-22)20(24)14-8-4-3-5-9-14/h3-11,24H,1-2H3/b20-16-. The Morgan fingerprint density at radius 2 is 1.77 bits per heavy atom. The van der Waals surface area contributed by atoms with Crippen LogP contribution in [0.2, 0.25) is 0 Å². The predicted molar refractivity (Wildman–Crippen MR) is 99.3 cm³/mol. The molecule has 1 heterocycles. The molecule has 0 aliphatic heterocycles. The van der Waals surface area contributed by atoms with Crippen LogP contribution in [0, 0.1) is 18.3 Å². The maximum Gasteiger partial charge on any atom is 0.340 e. The van der Waals surface area contributed by atoms with Crippen molar-refractivity contribution in [3.63, 3.8) is 0 Å². The highest BCUT2D eigenvalue weighted by molar-refractivity contribution is 6.06. The molecule has 128 valence electrons. The molecule has 1 aromatic heterocycles. The number of carbonyl (C=O) groups is 1. The summed E-state index contributed by atoms with van der Waals surface area (Å²) in [7, 11) is 1.27. The third-order valence-corrected chi connectivity index (χ3v) is 4.17. The van der Waals surface area contributed by atoms with E-state index in [4.69, 9.17) is 4.74 Å². The van der Waals surface area contributed by atoms with Crippen molar-refractivity contribution in [2.45, 2.75) is 6.92 Å². The van der Waals surface area contributed by atoms with Gasteiger partial charge in [-0.25, -0.2) is 9.78 Å². The van der Waals surface area contributed by atoms with Crippen LogP contribution in [-0.4, -0.2) is 23.2 Å². The van der Waals surface area contributed by atoms with Gasteiger partial charge in [0.25, 0.3) is 0 Å². The van der Waals surface area contributed by atoms with Crippen molar-refractivity contribution in [1.29, 1.82) is 5.26 Å². The zero-order chi connectivity index (χ0) is 18.7. The summed E-state index contributed by atoms with van der Waals surface area (Å²) in [5.41, 5.74) is 1.94. The molecule has 0 atom stereocenters. The van der Waals surface area contributed by atoms with E-state index >= 15 is 0 Å². The summed E-state index contributed by atoms with van der Waals surface area (Å²) in [5, 5.41) is 21.1. The van der Waals surface area contributed by atoms with E-state index < -0.39 is 5.97 Å². The maximum atomic E-state index is 12.4. The van der Waals surface area contributed by atoms with Crippen LogP contribution < -0.4 is 0 Å². The molecule has 0 unspecified atom stereocenters. The number of aryl methyl sites for hydroxylation is 1. The molecule has 0 spiro atoms. The van der Waals surface area contributed by atoms with Gasteiger partial charge in [-0.05, 0) is 18.6 Å². The van der Waals surface area contributed by atoms with Gasteiger partial charge in [-0.1, -0.05) is 48.5 Å². The number of para-hydroxylation sites is 1. The molecule has 3 aromatic rings. The van der Waals surface area contributed by atoms with Crippen molar-refractivity contribution in [3.8, 4) is 6.07 Å². The second-order valence-electron chi connectivity index (χ2n) is 5.67. The fourth-order valence-electron chi connectivity index (χ4n) is 2.87.